The standard InChI is InChI=1S/C12H15N5O2/c18-8-13-4-1-5-14-12(19)17-9-2-3-10-11(6-9)16-7-15-10/h2-3,6-8H,1,4-5H2,(H,13,18)(H,15,16)(H2,14,17,19). The molecule has 1 aromatic heterocycles. The highest BCUT2D eigenvalue weighted by Crippen LogP contribution is 2.15. The van der Waals surface area contributed by atoms with E-state index in [1.165, 1.54) is 0 Å². The van der Waals surface area contributed by atoms with Crippen molar-refractivity contribution in [3.63, 3.8) is 0 Å². The average molecular weight is 261 g/mol. The summed E-state index contributed by atoms with van der Waals surface area (Å²) in [6.07, 6.45) is 2.93. The molecule has 7 nitrogen and oxygen atoms in total. The van der Waals surface area contributed by atoms with Gasteiger partial charge in [-0.25, -0.2) is 9.78 Å². The van der Waals surface area contributed by atoms with Crippen molar-refractivity contribution in [3.05, 3.63) is 24.5 Å². The summed E-state index contributed by atoms with van der Waals surface area (Å²) in [5.41, 5.74) is 2.42. The van der Waals surface area contributed by atoms with Crippen LogP contribution in [0.2, 0.25) is 0 Å². The molecular formula is C12H15N5O2. The molecule has 0 saturated carbocycles. The third-order valence-electron chi connectivity index (χ3n) is 2.54. The number of nitrogens with zero attached hydrogens (tertiary/aromatic N) is 1. The van der Waals surface area contributed by atoms with Crippen molar-refractivity contribution >= 4 is 29.2 Å². The summed E-state index contributed by atoms with van der Waals surface area (Å²) >= 11 is 0. The van der Waals surface area contributed by atoms with Crippen molar-refractivity contribution in [3.8, 4) is 0 Å². The van der Waals surface area contributed by atoms with Gasteiger partial charge < -0.3 is 20.9 Å². The fourth-order valence-corrected chi connectivity index (χ4v) is 1.64. The Morgan fingerprint density at radius 1 is 1.37 bits per heavy atom. The fourth-order valence-electron chi connectivity index (χ4n) is 1.64. The van der Waals surface area contributed by atoms with Gasteiger partial charge in [0.2, 0.25) is 6.41 Å². The average Bonchev–Trinajstić information content (AvgIpc) is 2.86. The number of urea groups is 1. The molecule has 0 atom stereocenters. The maximum absolute atomic E-state index is 11.6. The van der Waals surface area contributed by atoms with Crippen LogP contribution in [0.5, 0.6) is 0 Å². The monoisotopic (exact) mass is 261 g/mol. The van der Waals surface area contributed by atoms with E-state index < -0.39 is 0 Å². The van der Waals surface area contributed by atoms with Crippen molar-refractivity contribution in [1.82, 2.24) is 20.6 Å². The summed E-state index contributed by atoms with van der Waals surface area (Å²) < 4.78 is 0. The topological polar surface area (TPSA) is 98.9 Å². The van der Waals surface area contributed by atoms with Gasteiger partial charge in [0.25, 0.3) is 0 Å². The number of rotatable bonds is 6. The second-order valence-corrected chi connectivity index (χ2v) is 3.94. The Hall–Kier alpha value is -2.57. The Balaban J connectivity index is 1.79. The summed E-state index contributed by atoms with van der Waals surface area (Å²) in [5, 5.41) is 7.95. The molecule has 3 amide bonds. The molecule has 0 aliphatic heterocycles. The Bertz CT molecular complexity index is 566. The molecule has 7 heteroatoms. The van der Waals surface area contributed by atoms with Gasteiger partial charge in [-0.1, -0.05) is 0 Å². The normalized spacial score (nSPS) is 10.1. The SMILES string of the molecule is O=CNCCCNC(=O)Nc1ccc2nc[nH]c2c1. The minimum absolute atomic E-state index is 0.273. The first-order valence-corrected chi connectivity index (χ1v) is 5.94. The minimum atomic E-state index is -0.273. The van der Waals surface area contributed by atoms with Crippen LogP contribution in [0.1, 0.15) is 6.42 Å². The van der Waals surface area contributed by atoms with Crippen LogP contribution < -0.4 is 16.0 Å². The number of imidazole rings is 1. The van der Waals surface area contributed by atoms with E-state index in [1.54, 1.807) is 12.4 Å². The van der Waals surface area contributed by atoms with E-state index >= 15 is 0 Å². The maximum Gasteiger partial charge on any atom is 0.319 e. The predicted octanol–water partition coefficient (Wildman–Crippen LogP) is 0.820. The second-order valence-electron chi connectivity index (χ2n) is 3.94. The second kappa shape index (κ2) is 6.39. The number of hydrogen-bond donors (Lipinski definition) is 4. The van der Waals surface area contributed by atoms with Crippen molar-refractivity contribution in [2.45, 2.75) is 6.42 Å². The van der Waals surface area contributed by atoms with Crippen LogP contribution in [0.25, 0.3) is 11.0 Å². The molecule has 0 radical (unpaired) electrons. The van der Waals surface area contributed by atoms with E-state index in [1.807, 2.05) is 12.1 Å². The number of aromatic nitrogens is 2. The Morgan fingerprint density at radius 2 is 2.26 bits per heavy atom. The van der Waals surface area contributed by atoms with Gasteiger partial charge >= 0.3 is 6.03 Å². The van der Waals surface area contributed by atoms with Gasteiger partial charge in [0.05, 0.1) is 17.4 Å². The van der Waals surface area contributed by atoms with Gasteiger partial charge in [-0.3, -0.25) is 4.79 Å². The first-order chi connectivity index (χ1) is 9.29. The minimum Gasteiger partial charge on any atom is -0.359 e. The molecule has 19 heavy (non-hydrogen) atoms. The lowest BCUT2D eigenvalue weighted by Crippen LogP contribution is -2.31. The number of fused-ring (bicyclic) bond motifs is 1. The van der Waals surface area contributed by atoms with E-state index in [9.17, 15) is 9.59 Å². The quantitative estimate of drug-likeness (QED) is 0.457. The van der Waals surface area contributed by atoms with Gasteiger partial charge in [0.1, 0.15) is 0 Å². The number of H-pyrrole nitrogens is 1. The third-order valence-corrected chi connectivity index (χ3v) is 2.54. The van der Waals surface area contributed by atoms with Crippen molar-refractivity contribution in [1.29, 1.82) is 0 Å². The molecule has 1 heterocycles. The van der Waals surface area contributed by atoms with Crippen LogP contribution in [0.15, 0.2) is 24.5 Å². The summed E-state index contributed by atoms with van der Waals surface area (Å²) in [6.45, 7) is 1.04. The lowest BCUT2D eigenvalue weighted by atomic mass is 10.3. The number of carbonyl (C=O) groups is 2. The van der Waals surface area contributed by atoms with Crippen LogP contribution in [0, 0.1) is 0 Å². The highest BCUT2D eigenvalue weighted by Gasteiger charge is 2.02. The van der Waals surface area contributed by atoms with E-state index in [0.717, 1.165) is 11.0 Å². The lowest BCUT2D eigenvalue weighted by Gasteiger charge is -2.07. The van der Waals surface area contributed by atoms with E-state index in [4.69, 9.17) is 0 Å². The number of benzene rings is 1. The molecule has 0 bridgehead atoms. The fraction of sp³-hybridized carbons (Fsp3) is 0.250. The molecule has 0 fully saturated rings. The lowest BCUT2D eigenvalue weighted by molar-refractivity contribution is -0.109. The van der Waals surface area contributed by atoms with Crippen molar-refractivity contribution in [2.24, 2.45) is 0 Å². The summed E-state index contributed by atoms with van der Waals surface area (Å²) in [6, 6.07) is 5.16. The van der Waals surface area contributed by atoms with Crippen LogP contribution in [0.3, 0.4) is 0 Å². The molecule has 4 N–H and O–H groups in total. The predicted molar refractivity (Wildman–Crippen MR) is 71.8 cm³/mol. The van der Waals surface area contributed by atoms with Crippen LogP contribution in [-0.4, -0.2) is 35.5 Å². The molecule has 0 unspecified atom stereocenters. The van der Waals surface area contributed by atoms with Crippen molar-refractivity contribution < 1.29 is 9.59 Å². The largest absolute Gasteiger partial charge is 0.359 e. The zero-order valence-corrected chi connectivity index (χ0v) is 10.3. The first-order valence-electron chi connectivity index (χ1n) is 5.94. The van der Waals surface area contributed by atoms with Gasteiger partial charge in [-0.15, -0.1) is 0 Å². The smallest absolute Gasteiger partial charge is 0.319 e. The van der Waals surface area contributed by atoms with E-state index in [2.05, 4.69) is 25.9 Å². The molecule has 0 spiro atoms. The molecule has 0 aliphatic carbocycles. The number of hydrogen-bond acceptors (Lipinski definition) is 3. The Morgan fingerprint density at radius 3 is 3.11 bits per heavy atom. The summed E-state index contributed by atoms with van der Waals surface area (Å²) in [7, 11) is 0. The molecule has 100 valence electrons. The summed E-state index contributed by atoms with van der Waals surface area (Å²) in [5.74, 6) is 0. The van der Waals surface area contributed by atoms with Gasteiger partial charge in [-0.05, 0) is 24.6 Å². The maximum atomic E-state index is 11.6. The molecule has 0 aliphatic rings. The van der Waals surface area contributed by atoms with E-state index in [0.29, 0.717) is 31.6 Å². The van der Waals surface area contributed by atoms with Gasteiger partial charge in [0, 0.05) is 18.8 Å². The number of anilines is 1. The summed E-state index contributed by atoms with van der Waals surface area (Å²) in [4.78, 5) is 28.7. The first kappa shape index (κ1) is 12.9. The third kappa shape index (κ3) is 3.70. The highest BCUT2D eigenvalue weighted by molar-refractivity contribution is 5.91. The number of aromatic amines is 1. The Labute approximate surface area is 109 Å². The molecule has 1 aromatic carbocycles. The van der Waals surface area contributed by atoms with Gasteiger partial charge in [0.15, 0.2) is 0 Å². The molecule has 2 rings (SSSR count). The Kier molecular flexibility index (Phi) is 4.33. The van der Waals surface area contributed by atoms with Crippen LogP contribution in [-0.2, 0) is 4.79 Å². The molecular weight excluding hydrogens is 246 g/mol. The van der Waals surface area contributed by atoms with E-state index in [-0.39, 0.29) is 6.03 Å². The van der Waals surface area contributed by atoms with Crippen LogP contribution in [0.4, 0.5) is 10.5 Å². The zero-order valence-electron chi connectivity index (χ0n) is 10.3. The van der Waals surface area contributed by atoms with Gasteiger partial charge in [-0.2, -0.15) is 0 Å². The number of nitrogens with one attached hydrogen (secondary N) is 4. The molecule has 2 aromatic rings. The number of carbonyl (C=O) groups excluding carboxylic acids is 2. The zero-order chi connectivity index (χ0) is 13.5. The van der Waals surface area contributed by atoms with Crippen molar-refractivity contribution in [2.75, 3.05) is 18.4 Å². The van der Waals surface area contributed by atoms with Crippen LogP contribution >= 0.6 is 0 Å². The number of amides is 3. The molecule has 0 saturated heterocycles. The highest BCUT2D eigenvalue weighted by atomic mass is 16.2.